The van der Waals surface area contributed by atoms with E-state index in [0.29, 0.717) is 61.6 Å². The van der Waals surface area contributed by atoms with Crippen LogP contribution in [0.1, 0.15) is 78.5 Å². The number of amides is 4. The molecule has 9 rings (SSSR count). The third kappa shape index (κ3) is 8.34. The second-order valence-corrected chi connectivity index (χ2v) is 17.7. The summed E-state index contributed by atoms with van der Waals surface area (Å²) in [5, 5.41) is 14.3. The van der Waals surface area contributed by atoms with Crippen molar-refractivity contribution in [3.63, 3.8) is 0 Å². The molecule has 0 bridgehead atoms. The van der Waals surface area contributed by atoms with Crippen LogP contribution in [-0.2, 0) is 27.1 Å². The fourth-order valence-corrected chi connectivity index (χ4v) is 10.3. The van der Waals surface area contributed by atoms with Gasteiger partial charge in [-0.25, -0.2) is 9.97 Å². The molecule has 14 nitrogen and oxygen atoms in total. The summed E-state index contributed by atoms with van der Waals surface area (Å²) >= 11 is 0. The first kappa shape index (κ1) is 40.6. The Hall–Kier alpha value is -5.76. The quantitative estimate of drug-likeness (QED) is 0.301. The second kappa shape index (κ2) is 16.3. The molecule has 5 fully saturated rings. The third-order valence-electron chi connectivity index (χ3n) is 13.8. The molecule has 6 aliphatic rings. The minimum Gasteiger partial charge on any atom is -0.371 e. The first-order valence-electron chi connectivity index (χ1n) is 21.3. The highest BCUT2D eigenvalue weighted by Gasteiger charge is 2.46. The molecule has 0 aliphatic carbocycles. The highest BCUT2D eigenvalue weighted by molar-refractivity contribution is 6.05. The SMILES string of the molecule is N#Cc1ncc(N2CCC(C(=O)Nc3ccc(N4CCC(CN5CC6(CCN(c7ccc8c(c7)CN(C7CCC(=O)NC7=O)C8=O)CC6)C5)CC4)cn3)CC2)cc1C(F)(F)F. The van der Waals surface area contributed by atoms with Crippen LogP contribution in [0.3, 0.4) is 0 Å². The van der Waals surface area contributed by atoms with Crippen LogP contribution in [0.5, 0.6) is 0 Å². The van der Waals surface area contributed by atoms with Crippen LogP contribution in [0.2, 0.25) is 0 Å². The van der Waals surface area contributed by atoms with E-state index in [0.717, 1.165) is 94.5 Å². The molecule has 1 spiro atoms. The number of alkyl halides is 3. The van der Waals surface area contributed by atoms with Gasteiger partial charge < -0.3 is 29.8 Å². The van der Waals surface area contributed by atoms with Crippen molar-refractivity contribution in [3.8, 4) is 6.07 Å². The van der Waals surface area contributed by atoms with Crippen molar-refractivity contribution in [2.24, 2.45) is 17.3 Å². The predicted molar refractivity (Wildman–Crippen MR) is 220 cm³/mol. The van der Waals surface area contributed by atoms with Gasteiger partial charge in [-0.2, -0.15) is 18.4 Å². The maximum absolute atomic E-state index is 13.4. The average Bonchev–Trinajstić information content (AvgIpc) is 3.58. The average molecular weight is 839 g/mol. The summed E-state index contributed by atoms with van der Waals surface area (Å²) < 4.78 is 40.3. The van der Waals surface area contributed by atoms with Crippen molar-refractivity contribution in [2.45, 2.75) is 70.1 Å². The second-order valence-electron chi connectivity index (χ2n) is 17.7. The monoisotopic (exact) mass is 838 g/mol. The largest absolute Gasteiger partial charge is 0.419 e. The number of imide groups is 1. The van der Waals surface area contributed by atoms with Crippen LogP contribution >= 0.6 is 0 Å². The van der Waals surface area contributed by atoms with E-state index in [1.807, 2.05) is 24.3 Å². The number of likely N-dealkylation sites (tertiary alicyclic amines) is 1. The lowest BCUT2D eigenvalue weighted by Gasteiger charge is -2.55. The predicted octanol–water partition coefficient (Wildman–Crippen LogP) is 4.80. The molecule has 6 aliphatic heterocycles. The van der Waals surface area contributed by atoms with Gasteiger partial charge in [-0.15, -0.1) is 0 Å². The molecule has 0 saturated carbocycles. The number of carbonyl (C=O) groups is 4. The lowest BCUT2D eigenvalue weighted by molar-refractivity contribution is -0.138. The van der Waals surface area contributed by atoms with E-state index in [-0.39, 0.29) is 41.7 Å². The van der Waals surface area contributed by atoms with Gasteiger partial charge in [-0.05, 0) is 98.2 Å². The maximum Gasteiger partial charge on any atom is 0.419 e. The van der Waals surface area contributed by atoms with Crippen LogP contribution in [-0.4, -0.2) is 108 Å². The molecule has 2 aromatic heterocycles. The molecule has 3 aromatic rings. The van der Waals surface area contributed by atoms with Crippen molar-refractivity contribution < 1.29 is 32.3 Å². The molecule has 61 heavy (non-hydrogen) atoms. The Morgan fingerprint density at radius 1 is 0.852 bits per heavy atom. The normalized spacial score (nSPS) is 22.5. The highest BCUT2D eigenvalue weighted by atomic mass is 19.4. The van der Waals surface area contributed by atoms with Crippen LogP contribution in [0.25, 0.3) is 0 Å². The van der Waals surface area contributed by atoms with Gasteiger partial charge in [0.15, 0.2) is 5.69 Å². The number of pyridine rings is 2. The van der Waals surface area contributed by atoms with E-state index in [2.05, 4.69) is 41.4 Å². The van der Waals surface area contributed by atoms with Gasteiger partial charge in [0.25, 0.3) is 5.91 Å². The summed E-state index contributed by atoms with van der Waals surface area (Å²) in [6.07, 6.45) is 4.42. The lowest BCUT2D eigenvalue weighted by Crippen LogP contribution is -2.61. The summed E-state index contributed by atoms with van der Waals surface area (Å²) in [4.78, 5) is 69.3. The summed E-state index contributed by atoms with van der Waals surface area (Å²) in [6, 6.07) is 11.7. The zero-order chi connectivity index (χ0) is 42.5. The van der Waals surface area contributed by atoms with Gasteiger partial charge in [-0.1, -0.05) is 0 Å². The van der Waals surface area contributed by atoms with Crippen LogP contribution in [0, 0.1) is 28.6 Å². The van der Waals surface area contributed by atoms with Crippen molar-refractivity contribution in [1.82, 2.24) is 25.1 Å². The zero-order valence-corrected chi connectivity index (χ0v) is 33.9. The van der Waals surface area contributed by atoms with E-state index in [9.17, 15) is 32.3 Å². The Morgan fingerprint density at radius 3 is 2.20 bits per heavy atom. The number of hydrogen-bond acceptors (Lipinski definition) is 11. The van der Waals surface area contributed by atoms with Crippen LogP contribution < -0.4 is 25.3 Å². The first-order valence-corrected chi connectivity index (χ1v) is 21.3. The number of piperidine rings is 4. The first-order chi connectivity index (χ1) is 29.3. The van der Waals surface area contributed by atoms with Gasteiger partial charge in [-0.3, -0.25) is 24.5 Å². The molecule has 17 heteroatoms. The number of nitriles is 1. The van der Waals surface area contributed by atoms with Crippen molar-refractivity contribution >= 4 is 46.5 Å². The molecular formula is C44H49F3N10O4. The van der Waals surface area contributed by atoms with Crippen LogP contribution in [0.4, 0.5) is 36.1 Å². The molecular weight excluding hydrogens is 790 g/mol. The number of hydrogen-bond donors (Lipinski definition) is 2. The van der Waals surface area contributed by atoms with E-state index in [1.165, 1.54) is 12.3 Å². The molecule has 5 saturated heterocycles. The number of nitrogens with zero attached hydrogens (tertiary/aromatic N) is 8. The number of nitrogens with one attached hydrogen (secondary N) is 2. The molecule has 2 N–H and O–H groups in total. The fraction of sp³-hybridized carbons (Fsp3) is 0.523. The molecule has 1 aromatic carbocycles. The van der Waals surface area contributed by atoms with E-state index in [1.54, 1.807) is 16.0 Å². The number of benzene rings is 1. The Kier molecular flexibility index (Phi) is 10.8. The zero-order valence-electron chi connectivity index (χ0n) is 33.9. The number of rotatable bonds is 8. The molecule has 0 radical (unpaired) electrons. The van der Waals surface area contributed by atoms with E-state index >= 15 is 0 Å². The highest BCUT2D eigenvalue weighted by Crippen LogP contribution is 2.43. The number of anilines is 4. The number of aromatic nitrogens is 2. The number of fused-ring (bicyclic) bond motifs is 1. The number of carbonyl (C=O) groups excluding carboxylic acids is 4. The molecule has 1 atom stereocenters. The lowest BCUT2D eigenvalue weighted by atomic mass is 9.71. The standard InChI is InChI=1S/C44H49F3N10O4/c45-44(46,47)35-20-33(23-49-36(35)21-48)55-15-9-29(10-16-55)40(59)51-38-5-2-32(22-50-38)54-13-7-28(8-14-54)24-53-26-43(27-53)11-17-56(18-12-43)31-1-3-34-30(19-31)25-57(42(34)61)37-4-6-39(58)52-41(37)60/h1-3,5,19-20,22-23,28-29,37H,4,6-18,24-27H2,(H,50,51,59)(H,52,58,60). The topological polar surface area (TPSA) is 158 Å². The maximum atomic E-state index is 13.4. The summed E-state index contributed by atoms with van der Waals surface area (Å²) in [5.41, 5.74) is 2.66. The summed E-state index contributed by atoms with van der Waals surface area (Å²) in [7, 11) is 0. The Bertz CT molecular complexity index is 2230. The van der Waals surface area contributed by atoms with Crippen molar-refractivity contribution in [1.29, 1.82) is 5.26 Å². The molecule has 8 heterocycles. The smallest absolute Gasteiger partial charge is 0.371 e. The van der Waals surface area contributed by atoms with Gasteiger partial charge in [0.05, 0.1) is 29.3 Å². The van der Waals surface area contributed by atoms with Gasteiger partial charge in [0, 0.05) is 89.0 Å². The summed E-state index contributed by atoms with van der Waals surface area (Å²) in [6.45, 7) is 8.39. The minimum atomic E-state index is -4.68. The van der Waals surface area contributed by atoms with Gasteiger partial charge >= 0.3 is 6.18 Å². The minimum absolute atomic E-state index is 0.142. The van der Waals surface area contributed by atoms with Crippen molar-refractivity contribution in [3.05, 3.63) is 71.2 Å². The van der Waals surface area contributed by atoms with E-state index < -0.39 is 23.5 Å². The van der Waals surface area contributed by atoms with Gasteiger partial charge in [0.2, 0.25) is 17.7 Å². The molecule has 4 amide bonds. The van der Waals surface area contributed by atoms with Gasteiger partial charge in [0.1, 0.15) is 17.9 Å². The van der Waals surface area contributed by atoms with E-state index in [4.69, 9.17) is 5.26 Å². The Morgan fingerprint density at radius 2 is 1.52 bits per heavy atom. The molecule has 1 unspecified atom stereocenters. The Balaban J connectivity index is 0.684. The molecule has 320 valence electrons. The Labute approximate surface area is 352 Å². The third-order valence-corrected chi connectivity index (χ3v) is 13.8. The summed E-state index contributed by atoms with van der Waals surface area (Å²) in [5.74, 6) is -0.168. The van der Waals surface area contributed by atoms with Crippen LogP contribution in [0.15, 0.2) is 48.8 Å². The van der Waals surface area contributed by atoms with Crippen molar-refractivity contribution in [2.75, 3.05) is 78.9 Å². The number of halogens is 3. The fourth-order valence-electron chi connectivity index (χ4n) is 10.3.